The van der Waals surface area contributed by atoms with Crippen molar-refractivity contribution in [3.8, 4) is 23.0 Å². The molecule has 8 heteroatoms. The van der Waals surface area contributed by atoms with Crippen LogP contribution in [0.4, 0.5) is 68.2 Å². The third-order valence-electron chi connectivity index (χ3n) is 24.7. The number of nitrogens with zero attached hydrogens (tertiary/aromatic N) is 4. The van der Waals surface area contributed by atoms with E-state index >= 15 is 0 Å². The zero-order valence-electron chi connectivity index (χ0n) is 59.2. The van der Waals surface area contributed by atoms with Crippen LogP contribution in [0.15, 0.2) is 218 Å². The van der Waals surface area contributed by atoms with Crippen molar-refractivity contribution in [1.82, 2.24) is 0 Å². The highest BCUT2D eigenvalue weighted by atomic mass is 16.5. The predicted octanol–water partition coefficient (Wildman–Crippen LogP) is 24.7. The Balaban J connectivity index is 1.11. The summed E-state index contributed by atoms with van der Waals surface area (Å²) in [5.74, 6) is 7.32. The second kappa shape index (κ2) is 24.5. The van der Waals surface area contributed by atoms with Gasteiger partial charge in [0.1, 0.15) is 23.0 Å². The fraction of sp³-hybridized carbons (Fsp3) is 0.304. The monoisotopic (exact) mass is 1310 g/mol. The molecule has 8 fully saturated rings. The van der Waals surface area contributed by atoms with Gasteiger partial charge in [0.15, 0.2) is 0 Å². The Morgan fingerprint density at radius 2 is 0.450 bits per heavy atom. The third kappa shape index (κ3) is 10.5. The minimum atomic E-state index is -0.103. The summed E-state index contributed by atoms with van der Waals surface area (Å²) in [7, 11) is 7.11. The van der Waals surface area contributed by atoms with Crippen molar-refractivity contribution in [2.45, 2.75) is 116 Å². The zero-order chi connectivity index (χ0) is 67.7. The molecule has 0 aromatic heterocycles. The van der Waals surface area contributed by atoms with Crippen LogP contribution in [-0.4, -0.2) is 28.4 Å². The first kappa shape index (κ1) is 62.3. The van der Waals surface area contributed by atoms with Crippen molar-refractivity contribution in [2.75, 3.05) is 48.0 Å². The van der Waals surface area contributed by atoms with Gasteiger partial charge in [0.25, 0.3) is 0 Å². The maximum absolute atomic E-state index is 6.02. The van der Waals surface area contributed by atoms with Crippen molar-refractivity contribution >= 4 is 101 Å². The van der Waals surface area contributed by atoms with Crippen LogP contribution in [0.1, 0.15) is 110 Å². The van der Waals surface area contributed by atoms with Gasteiger partial charge in [-0.1, -0.05) is 70.8 Å². The molecule has 8 aliphatic rings. The number of hydrogen-bond donors (Lipinski definition) is 0. The lowest BCUT2D eigenvalue weighted by Gasteiger charge is -2.58. The van der Waals surface area contributed by atoms with E-state index in [1.807, 2.05) is 0 Å². The Morgan fingerprint density at radius 1 is 0.250 bits per heavy atom. The molecule has 0 saturated heterocycles. The molecule has 502 valence electrons. The smallest absolute Gasteiger partial charge is 0.119 e. The van der Waals surface area contributed by atoms with Crippen molar-refractivity contribution < 1.29 is 18.9 Å². The summed E-state index contributed by atoms with van der Waals surface area (Å²) in [6.07, 6.45) is 15.1. The van der Waals surface area contributed by atoms with Crippen molar-refractivity contribution in [1.29, 1.82) is 0 Å². The van der Waals surface area contributed by atoms with Gasteiger partial charge in [-0.2, -0.15) is 0 Å². The van der Waals surface area contributed by atoms with E-state index in [-0.39, 0.29) is 10.8 Å². The second-order valence-corrected chi connectivity index (χ2v) is 31.1. The first-order chi connectivity index (χ1) is 48.8. The molecule has 8 nitrogen and oxygen atoms in total. The Morgan fingerprint density at radius 3 is 0.660 bits per heavy atom. The van der Waals surface area contributed by atoms with E-state index in [0.717, 1.165) is 79.9 Å². The summed E-state index contributed by atoms with van der Waals surface area (Å²) in [5.41, 5.74) is 20.9. The topological polar surface area (TPSA) is 49.9 Å². The van der Waals surface area contributed by atoms with Crippen LogP contribution in [0.25, 0.3) is 32.3 Å². The Labute approximate surface area is 590 Å². The molecule has 0 amide bonds. The van der Waals surface area contributed by atoms with Crippen LogP contribution in [0, 0.1) is 63.2 Å². The third-order valence-corrected chi connectivity index (χ3v) is 24.7. The van der Waals surface area contributed by atoms with Crippen LogP contribution in [-0.2, 0) is 10.8 Å². The zero-order valence-corrected chi connectivity index (χ0v) is 59.2. The highest BCUT2D eigenvalue weighted by molar-refractivity contribution is 6.35. The van der Waals surface area contributed by atoms with Gasteiger partial charge in [-0.25, -0.2) is 0 Å². The molecule has 0 heterocycles. The van der Waals surface area contributed by atoms with Gasteiger partial charge < -0.3 is 38.5 Å². The molecule has 0 atom stereocenters. The maximum atomic E-state index is 6.02. The molecular formula is C92H90N4O4. The Hall–Kier alpha value is -9.92. The summed E-state index contributed by atoms with van der Waals surface area (Å²) in [5, 5.41) is 7.90. The number of benzene rings is 12. The van der Waals surface area contributed by atoms with Gasteiger partial charge in [-0.15, -0.1) is 0 Å². The SMILES string of the molecule is COc1ccc(N(c2ccc(C)cc2)c2cc(N(c3ccc(C)cc3)c3ccc(OC)cc3)c3c(C45CC6CC(CC(C6)C4)C5)cc4c(N(c5ccc(C)cc5)c5ccc(OC)cc5)cc(N(c5ccc(C)cc5)c5ccc(OC)cc5)c5c(C67CC8CC(CC(C8)C6)C7)cc2c3c45)cc1. The molecule has 0 radical (unpaired) electrons. The standard InChI is InChI=1S/C92H90N4O4/c1-57-9-17-67(18-10-57)93(71-25-33-75(97-5)34-26-71)83-49-85(95(69-21-13-59(3)14-22-69)73-29-37-77(99-7)38-30-73)89-82(92-54-64-44-65(55-92)46-66(45-64)56-92)48-80-84(94(68-19-11-58(2)12-20-68)72-27-35-76(98-6)36-28-72)50-86(96(70-23-15-60(4)16-24-70)74-31-39-78(100-8)40-32-74)90-81(47-79(83)87(89)88(80)90)91-51-61-41-62(52-91)43-63(42-61)53-91/h9-40,47-50,61-66H,41-46,51-56H2,1-8H3. The van der Waals surface area contributed by atoms with Gasteiger partial charge in [0, 0.05) is 77.8 Å². The normalized spacial score (nSPS) is 22.4. The van der Waals surface area contributed by atoms with Crippen LogP contribution >= 0.6 is 0 Å². The highest BCUT2D eigenvalue weighted by Gasteiger charge is 2.55. The van der Waals surface area contributed by atoms with Crippen LogP contribution in [0.2, 0.25) is 0 Å². The minimum absolute atomic E-state index is 0.103. The molecule has 100 heavy (non-hydrogen) atoms. The molecule has 12 aromatic rings. The summed E-state index contributed by atoms with van der Waals surface area (Å²) in [6, 6.07) is 83.5. The molecule has 8 aliphatic carbocycles. The van der Waals surface area contributed by atoms with Crippen molar-refractivity contribution in [2.24, 2.45) is 35.5 Å². The lowest BCUT2D eigenvalue weighted by Crippen LogP contribution is -2.49. The first-order valence-electron chi connectivity index (χ1n) is 36.7. The maximum Gasteiger partial charge on any atom is 0.119 e. The largest absolute Gasteiger partial charge is 0.497 e. The number of rotatable bonds is 18. The van der Waals surface area contributed by atoms with E-state index in [9.17, 15) is 0 Å². The number of aryl methyl sites for hydroxylation is 4. The number of anilines is 12. The molecule has 20 rings (SSSR count). The molecular weight excluding hydrogens is 1230 g/mol. The fourth-order valence-electron chi connectivity index (χ4n) is 21.0. The lowest BCUT2D eigenvalue weighted by atomic mass is 9.47. The molecule has 0 aliphatic heterocycles. The first-order valence-corrected chi connectivity index (χ1v) is 36.7. The van der Waals surface area contributed by atoms with Gasteiger partial charge in [-0.05, 0) is 332 Å². The average Bonchev–Trinajstić information content (AvgIpc) is 0.673. The van der Waals surface area contributed by atoms with E-state index in [4.69, 9.17) is 18.9 Å². The van der Waals surface area contributed by atoms with E-state index in [1.54, 1.807) is 28.4 Å². The fourth-order valence-corrected chi connectivity index (χ4v) is 21.0. The quantitative estimate of drug-likeness (QED) is 0.0788. The van der Waals surface area contributed by atoms with E-state index in [2.05, 4.69) is 266 Å². The number of ether oxygens (including phenoxy) is 4. The molecule has 0 N–H and O–H groups in total. The Bertz CT molecular complexity index is 4640. The predicted molar refractivity (Wildman–Crippen MR) is 414 cm³/mol. The molecule has 0 unspecified atom stereocenters. The van der Waals surface area contributed by atoms with E-state index in [0.29, 0.717) is 35.5 Å². The van der Waals surface area contributed by atoms with Crippen LogP contribution in [0.5, 0.6) is 23.0 Å². The summed E-state index contributed by atoms with van der Waals surface area (Å²) < 4.78 is 24.1. The van der Waals surface area contributed by atoms with E-state index < -0.39 is 0 Å². The molecule has 8 bridgehead atoms. The van der Waals surface area contributed by atoms with Crippen LogP contribution in [0.3, 0.4) is 0 Å². The second-order valence-electron chi connectivity index (χ2n) is 31.1. The van der Waals surface area contributed by atoms with E-state index in [1.165, 1.54) is 154 Å². The summed E-state index contributed by atoms with van der Waals surface area (Å²) in [6.45, 7) is 8.84. The minimum Gasteiger partial charge on any atom is -0.497 e. The summed E-state index contributed by atoms with van der Waals surface area (Å²) in [4.78, 5) is 10.4. The van der Waals surface area contributed by atoms with Gasteiger partial charge in [0.05, 0.1) is 51.2 Å². The average molecular weight is 1320 g/mol. The number of hydrogen-bond acceptors (Lipinski definition) is 8. The highest BCUT2D eigenvalue weighted by Crippen LogP contribution is 2.68. The lowest BCUT2D eigenvalue weighted by molar-refractivity contribution is -0.00463. The van der Waals surface area contributed by atoms with Crippen LogP contribution < -0.4 is 38.5 Å². The van der Waals surface area contributed by atoms with Gasteiger partial charge >= 0.3 is 0 Å². The number of methoxy groups -OCH3 is 4. The molecule has 0 spiro atoms. The van der Waals surface area contributed by atoms with Gasteiger partial charge in [-0.3, -0.25) is 0 Å². The van der Waals surface area contributed by atoms with Gasteiger partial charge in [0.2, 0.25) is 0 Å². The molecule has 12 aromatic carbocycles. The van der Waals surface area contributed by atoms with Crippen molar-refractivity contribution in [3.05, 3.63) is 252 Å². The summed E-state index contributed by atoms with van der Waals surface area (Å²) >= 11 is 0. The van der Waals surface area contributed by atoms with Crippen molar-refractivity contribution in [3.63, 3.8) is 0 Å². The Kier molecular flexibility index (Phi) is 15.3. The molecule has 8 saturated carbocycles.